The fraction of sp³-hybridized carbons (Fsp3) is 0.667. The second-order valence-electron chi connectivity index (χ2n) is 6.31. The average molecular weight is 246 g/mol. The number of esters is 1. The van der Waals surface area contributed by atoms with E-state index in [1.54, 1.807) is 0 Å². The zero-order valence-corrected chi connectivity index (χ0v) is 10.9. The molecule has 0 saturated carbocycles. The first-order valence-corrected chi connectivity index (χ1v) is 6.79. The highest BCUT2D eigenvalue weighted by Gasteiger charge is 2.72. The van der Waals surface area contributed by atoms with Crippen LogP contribution in [0, 0.1) is 11.3 Å². The first-order valence-electron chi connectivity index (χ1n) is 6.79. The third-order valence-corrected chi connectivity index (χ3v) is 5.24. The molecule has 0 radical (unpaired) electrons. The lowest BCUT2D eigenvalue weighted by molar-refractivity contribution is -0.155. The van der Waals surface area contributed by atoms with E-state index in [-0.39, 0.29) is 18.0 Å². The van der Waals surface area contributed by atoms with E-state index < -0.39 is 11.0 Å². The molecule has 1 aliphatic carbocycles. The van der Waals surface area contributed by atoms with Crippen molar-refractivity contribution in [2.45, 2.75) is 44.8 Å². The van der Waals surface area contributed by atoms with Crippen LogP contribution in [0.4, 0.5) is 0 Å². The van der Waals surface area contributed by atoms with Crippen molar-refractivity contribution in [2.24, 2.45) is 11.3 Å². The van der Waals surface area contributed by atoms with Crippen molar-refractivity contribution in [1.82, 2.24) is 0 Å². The predicted octanol–water partition coefficient (Wildman–Crippen LogP) is 2.37. The van der Waals surface area contributed by atoms with Crippen LogP contribution in [0.1, 0.15) is 33.1 Å². The topological polar surface area (TPSA) is 35.5 Å². The number of carbonyl (C=O) groups excluding carboxylic acids is 1. The van der Waals surface area contributed by atoms with Crippen molar-refractivity contribution in [2.75, 3.05) is 6.61 Å². The highest BCUT2D eigenvalue weighted by Crippen LogP contribution is 2.63. The molecule has 2 bridgehead atoms. The van der Waals surface area contributed by atoms with Gasteiger partial charge in [0.25, 0.3) is 0 Å². The van der Waals surface area contributed by atoms with Gasteiger partial charge in [-0.1, -0.05) is 11.1 Å². The van der Waals surface area contributed by atoms with Gasteiger partial charge in [0.2, 0.25) is 0 Å². The SMILES string of the molecule is CC1=C[C@]23C=C(C)C[C@@H](O2)[C@H]2COC(=O)[C@]23CC1. The molecule has 0 aromatic carbocycles. The molecule has 4 aliphatic rings. The largest absolute Gasteiger partial charge is 0.465 e. The third-order valence-electron chi connectivity index (χ3n) is 5.24. The van der Waals surface area contributed by atoms with Crippen molar-refractivity contribution in [3.8, 4) is 0 Å². The summed E-state index contributed by atoms with van der Waals surface area (Å²) in [5.41, 5.74) is 1.72. The van der Waals surface area contributed by atoms with Gasteiger partial charge in [0.1, 0.15) is 11.0 Å². The van der Waals surface area contributed by atoms with Crippen molar-refractivity contribution in [1.29, 1.82) is 0 Å². The first-order chi connectivity index (χ1) is 8.57. The van der Waals surface area contributed by atoms with Crippen LogP contribution < -0.4 is 0 Å². The summed E-state index contributed by atoms with van der Waals surface area (Å²) in [5, 5.41) is 0. The monoisotopic (exact) mass is 246 g/mol. The molecule has 3 heterocycles. The van der Waals surface area contributed by atoms with Gasteiger partial charge in [0.05, 0.1) is 12.7 Å². The fourth-order valence-corrected chi connectivity index (χ4v) is 4.51. The highest BCUT2D eigenvalue weighted by atomic mass is 16.6. The molecule has 0 amide bonds. The van der Waals surface area contributed by atoms with Crippen LogP contribution in [0.3, 0.4) is 0 Å². The Labute approximate surface area is 107 Å². The fourth-order valence-electron chi connectivity index (χ4n) is 4.51. The molecule has 3 nitrogen and oxygen atoms in total. The van der Waals surface area contributed by atoms with E-state index >= 15 is 0 Å². The Morgan fingerprint density at radius 1 is 1.28 bits per heavy atom. The summed E-state index contributed by atoms with van der Waals surface area (Å²) in [4.78, 5) is 12.4. The molecule has 0 aromatic rings. The number of cyclic esters (lactones) is 1. The van der Waals surface area contributed by atoms with Gasteiger partial charge in [-0.2, -0.15) is 0 Å². The van der Waals surface area contributed by atoms with E-state index in [9.17, 15) is 4.79 Å². The van der Waals surface area contributed by atoms with E-state index in [2.05, 4.69) is 26.0 Å². The van der Waals surface area contributed by atoms with E-state index in [0.717, 1.165) is 19.3 Å². The standard InChI is InChI=1S/C15H18O3/c1-9-3-4-15-11(8-17-13(15)16)12-5-10(2)7-14(15,6-9)18-12/h6-7,11-12H,3-5,8H2,1-2H3/t11-,12-,14-,15+/m1/s1. The molecule has 4 atom stereocenters. The van der Waals surface area contributed by atoms with Crippen LogP contribution in [0.15, 0.2) is 23.3 Å². The number of ether oxygens (including phenoxy) is 2. The Morgan fingerprint density at radius 2 is 2.06 bits per heavy atom. The van der Waals surface area contributed by atoms with Gasteiger partial charge in [-0.3, -0.25) is 4.79 Å². The number of rotatable bonds is 0. The maximum atomic E-state index is 12.4. The Bertz CT molecular complexity index is 500. The summed E-state index contributed by atoms with van der Waals surface area (Å²) in [6, 6.07) is 0. The second kappa shape index (κ2) is 3.08. The van der Waals surface area contributed by atoms with Crippen molar-refractivity contribution in [3.63, 3.8) is 0 Å². The zero-order valence-electron chi connectivity index (χ0n) is 10.9. The van der Waals surface area contributed by atoms with Gasteiger partial charge in [-0.05, 0) is 45.3 Å². The van der Waals surface area contributed by atoms with Crippen LogP contribution in [-0.4, -0.2) is 24.3 Å². The lowest BCUT2D eigenvalue weighted by Gasteiger charge is -2.42. The molecule has 3 heteroatoms. The van der Waals surface area contributed by atoms with Crippen molar-refractivity contribution in [3.05, 3.63) is 23.3 Å². The molecule has 3 aliphatic heterocycles. The molecule has 18 heavy (non-hydrogen) atoms. The number of hydrogen-bond donors (Lipinski definition) is 0. The number of hydrogen-bond acceptors (Lipinski definition) is 3. The quantitative estimate of drug-likeness (QED) is 0.486. The van der Waals surface area contributed by atoms with E-state index in [1.165, 1.54) is 11.1 Å². The van der Waals surface area contributed by atoms with Crippen LogP contribution in [0.5, 0.6) is 0 Å². The van der Waals surface area contributed by atoms with Gasteiger partial charge in [-0.25, -0.2) is 0 Å². The number of carbonyl (C=O) groups is 1. The predicted molar refractivity (Wildman–Crippen MR) is 65.9 cm³/mol. The third kappa shape index (κ3) is 0.993. The van der Waals surface area contributed by atoms with Gasteiger partial charge in [0.15, 0.2) is 0 Å². The summed E-state index contributed by atoms with van der Waals surface area (Å²) in [5.74, 6) is 0.202. The highest BCUT2D eigenvalue weighted by molar-refractivity contribution is 5.84. The molecule has 2 spiro atoms. The maximum absolute atomic E-state index is 12.4. The Hall–Kier alpha value is -1.09. The minimum Gasteiger partial charge on any atom is -0.465 e. The van der Waals surface area contributed by atoms with Gasteiger partial charge >= 0.3 is 5.97 Å². The van der Waals surface area contributed by atoms with E-state index in [1.807, 2.05) is 0 Å². The second-order valence-corrected chi connectivity index (χ2v) is 6.31. The molecule has 4 rings (SSSR count). The van der Waals surface area contributed by atoms with Crippen LogP contribution >= 0.6 is 0 Å². The van der Waals surface area contributed by atoms with Gasteiger partial charge < -0.3 is 9.47 Å². The molecular formula is C15H18O3. The summed E-state index contributed by atoms with van der Waals surface area (Å²) < 4.78 is 11.7. The summed E-state index contributed by atoms with van der Waals surface area (Å²) in [6.45, 7) is 4.82. The van der Waals surface area contributed by atoms with Crippen molar-refractivity contribution >= 4 is 5.97 Å². The van der Waals surface area contributed by atoms with Crippen molar-refractivity contribution < 1.29 is 14.3 Å². The molecule has 0 N–H and O–H groups in total. The van der Waals surface area contributed by atoms with E-state index in [4.69, 9.17) is 9.47 Å². The lowest BCUT2D eigenvalue weighted by Crippen LogP contribution is -2.50. The van der Waals surface area contributed by atoms with E-state index in [0.29, 0.717) is 6.61 Å². The minimum absolute atomic E-state index is 0.0373. The molecule has 96 valence electrons. The first kappa shape index (κ1) is 10.8. The number of allylic oxidation sites excluding steroid dienone is 1. The van der Waals surface area contributed by atoms with Crippen LogP contribution in [-0.2, 0) is 14.3 Å². The Balaban J connectivity index is 1.99. The molecule has 0 aromatic heterocycles. The average Bonchev–Trinajstić information content (AvgIpc) is 2.71. The maximum Gasteiger partial charge on any atom is 0.316 e. The lowest BCUT2D eigenvalue weighted by atomic mass is 9.61. The zero-order chi connectivity index (χ0) is 12.5. The van der Waals surface area contributed by atoms with Gasteiger partial charge in [0, 0.05) is 5.92 Å². The molecule has 0 unspecified atom stereocenters. The Kier molecular flexibility index (Phi) is 1.85. The smallest absolute Gasteiger partial charge is 0.316 e. The molecular weight excluding hydrogens is 228 g/mol. The summed E-state index contributed by atoms with van der Waals surface area (Å²) in [7, 11) is 0. The summed E-state index contributed by atoms with van der Waals surface area (Å²) >= 11 is 0. The molecule has 2 fully saturated rings. The Morgan fingerprint density at radius 3 is 2.89 bits per heavy atom. The number of fused-ring (bicyclic) bond motifs is 2. The normalized spacial score (nSPS) is 49.1. The van der Waals surface area contributed by atoms with Crippen LogP contribution in [0.2, 0.25) is 0 Å². The van der Waals surface area contributed by atoms with Crippen LogP contribution in [0.25, 0.3) is 0 Å². The molecule has 2 saturated heterocycles. The van der Waals surface area contributed by atoms with Gasteiger partial charge in [-0.15, -0.1) is 0 Å². The minimum atomic E-state index is -0.513. The summed E-state index contributed by atoms with van der Waals surface area (Å²) in [6.07, 6.45) is 7.31.